The van der Waals surface area contributed by atoms with Crippen LogP contribution in [-0.2, 0) is 0 Å². The van der Waals surface area contributed by atoms with E-state index in [1.807, 2.05) is 25.1 Å². The summed E-state index contributed by atoms with van der Waals surface area (Å²) in [5.41, 5.74) is 1.71. The lowest BCUT2D eigenvalue weighted by Crippen LogP contribution is -2.38. The number of nitrogens with zero attached hydrogens (tertiary/aromatic N) is 2. The standard InChI is InChI=1S/C17H18F2N2Si/c1-3-4-12-22(18,19)17-13-14(2)10-11-16(17)21-20-15-8-6-5-7-9-15/h3-11,13H,12H2,1-2H3/b4-3+,21-20?. The number of aryl methyl sites for hydroxylation is 1. The molecule has 0 radical (unpaired) electrons. The molecule has 0 spiro atoms. The van der Waals surface area contributed by atoms with E-state index in [-0.39, 0.29) is 16.9 Å². The highest BCUT2D eigenvalue weighted by Gasteiger charge is 2.39. The van der Waals surface area contributed by atoms with Crippen LogP contribution in [0.1, 0.15) is 12.5 Å². The van der Waals surface area contributed by atoms with Crippen molar-refractivity contribution in [2.75, 3.05) is 0 Å². The number of allylic oxidation sites excluding steroid dienone is 2. The van der Waals surface area contributed by atoms with Crippen LogP contribution in [-0.4, -0.2) is 8.74 Å². The minimum absolute atomic E-state index is 0.0466. The topological polar surface area (TPSA) is 24.7 Å². The van der Waals surface area contributed by atoms with Gasteiger partial charge in [-0.1, -0.05) is 48.0 Å². The second-order valence-corrected chi connectivity index (χ2v) is 7.39. The summed E-state index contributed by atoms with van der Waals surface area (Å²) in [6.45, 7) is 3.55. The number of azo groups is 1. The van der Waals surface area contributed by atoms with Crippen LogP contribution < -0.4 is 5.19 Å². The van der Waals surface area contributed by atoms with Gasteiger partial charge in [0.05, 0.1) is 11.4 Å². The molecule has 0 aliphatic carbocycles. The maximum absolute atomic E-state index is 14.5. The molecule has 0 heterocycles. The van der Waals surface area contributed by atoms with Crippen LogP contribution in [0.25, 0.3) is 0 Å². The Hall–Kier alpha value is -2.14. The second-order valence-electron chi connectivity index (χ2n) is 5.03. The van der Waals surface area contributed by atoms with E-state index in [4.69, 9.17) is 0 Å². The van der Waals surface area contributed by atoms with Crippen molar-refractivity contribution in [3.63, 3.8) is 0 Å². The van der Waals surface area contributed by atoms with Crippen LogP contribution in [0.2, 0.25) is 6.04 Å². The molecular weight excluding hydrogens is 298 g/mol. The molecule has 0 amide bonds. The summed E-state index contributed by atoms with van der Waals surface area (Å²) in [6.07, 6.45) is 3.18. The molecule has 0 aliphatic rings. The first-order chi connectivity index (χ1) is 10.5. The van der Waals surface area contributed by atoms with Crippen LogP contribution in [0, 0.1) is 6.92 Å². The van der Waals surface area contributed by atoms with Gasteiger partial charge in [-0.3, -0.25) is 8.22 Å². The van der Waals surface area contributed by atoms with Crippen molar-refractivity contribution in [3.05, 3.63) is 66.2 Å². The normalized spacial score (nSPS) is 12.4. The first-order valence-corrected chi connectivity index (χ1v) is 9.06. The fourth-order valence-corrected chi connectivity index (χ4v) is 3.71. The zero-order chi connectivity index (χ0) is 16.0. The Morgan fingerprint density at radius 1 is 1.05 bits per heavy atom. The zero-order valence-corrected chi connectivity index (χ0v) is 13.6. The molecule has 0 saturated carbocycles. The Morgan fingerprint density at radius 2 is 1.77 bits per heavy atom. The van der Waals surface area contributed by atoms with E-state index in [0.29, 0.717) is 5.69 Å². The molecule has 0 unspecified atom stereocenters. The van der Waals surface area contributed by atoms with Gasteiger partial charge < -0.3 is 0 Å². The van der Waals surface area contributed by atoms with Crippen molar-refractivity contribution in [2.45, 2.75) is 19.9 Å². The molecule has 5 heteroatoms. The highest BCUT2D eigenvalue weighted by Crippen LogP contribution is 2.24. The van der Waals surface area contributed by atoms with Gasteiger partial charge in [-0.2, -0.15) is 10.2 Å². The minimum Gasteiger partial charge on any atom is -0.264 e. The summed E-state index contributed by atoms with van der Waals surface area (Å²) in [7, 11) is -4.56. The molecular formula is C17H18F2N2Si. The molecule has 0 saturated heterocycles. The highest BCUT2D eigenvalue weighted by atomic mass is 28.4. The summed E-state index contributed by atoms with van der Waals surface area (Å²) in [5, 5.41) is 8.15. The van der Waals surface area contributed by atoms with Gasteiger partial charge in [0, 0.05) is 11.2 Å². The van der Waals surface area contributed by atoms with Gasteiger partial charge in [-0.05, 0) is 32.0 Å². The average molecular weight is 316 g/mol. The van der Waals surface area contributed by atoms with Crippen LogP contribution in [0.15, 0.2) is 70.9 Å². The van der Waals surface area contributed by atoms with Crippen LogP contribution >= 0.6 is 0 Å². The van der Waals surface area contributed by atoms with Crippen molar-refractivity contribution < 1.29 is 8.22 Å². The van der Waals surface area contributed by atoms with Crippen LogP contribution in [0.4, 0.5) is 19.6 Å². The number of hydrogen-bond acceptors (Lipinski definition) is 2. The van der Waals surface area contributed by atoms with E-state index >= 15 is 0 Å². The molecule has 2 aromatic rings. The Kier molecular flexibility index (Phi) is 5.33. The Bertz CT molecular complexity index is 682. The van der Waals surface area contributed by atoms with E-state index in [1.54, 1.807) is 37.3 Å². The number of rotatable bonds is 5. The number of benzene rings is 2. The fourth-order valence-electron chi connectivity index (χ4n) is 2.01. The average Bonchev–Trinajstić information content (AvgIpc) is 2.53. The predicted molar refractivity (Wildman–Crippen MR) is 89.0 cm³/mol. The third kappa shape index (κ3) is 4.18. The summed E-state index contributed by atoms with van der Waals surface area (Å²) >= 11 is 0. The summed E-state index contributed by atoms with van der Waals surface area (Å²) in [5.74, 6) is 0. The molecule has 0 fully saturated rings. The zero-order valence-electron chi connectivity index (χ0n) is 12.6. The lowest BCUT2D eigenvalue weighted by molar-refractivity contribution is 0.631. The quantitative estimate of drug-likeness (QED) is 0.298. The van der Waals surface area contributed by atoms with Crippen LogP contribution in [0.3, 0.4) is 0 Å². The molecule has 2 aromatic carbocycles. The van der Waals surface area contributed by atoms with E-state index in [2.05, 4.69) is 10.2 Å². The van der Waals surface area contributed by atoms with E-state index in [1.165, 1.54) is 12.1 Å². The van der Waals surface area contributed by atoms with Gasteiger partial charge >= 0.3 is 8.74 Å². The second kappa shape index (κ2) is 7.22. The Morgan fingerprint density at radius 3 is 2.45 bits per heavy atom. The molecule has 2 rings (SSSR count). The summed E-state index contributed by atoms with van der Waals surface area (Å²) < 4.78 is 29.0. The monoisotopic (exact) mass is 316 g/mol. The maximum atomic E-state index is 14.5. The molecule has 0 bridgehead atoms. The van der Waals surface area contributed by atoms with Gasteiger partial charge in [-0.15, -0.1) is 0 Å². The molecule has 2 nitrogen and oxygen atoms in total. The van der Waals surface area contributed by atoms with Crippen LogP contribution in [0.5, 0.6) is 0 Å². The molecule has 0 atom stereocenters. The first kappa shape index (κ1) is 16.2. The van der Waals surface area contributed by atoms with Crippen molar-refractivity contribution in [1.82, 2.24) is 0 Å². The van der Waals surface area contributed by atoms with Gasteiger partial charge in [-0.25, -0.2) is 0 Å². The highest BCUT2D eigenvalue weighted by molar-refractivity contribution is 6.81. The van der Waals surface area contributed by atoms with Gasteiger partial charge in [0.15, 0.2) is 0 Å². The molecule has 22 heavy (non-hydrogen) atoms. The smallest absolute Gasteiger partial charge is 0.264 e. The van der Waals surface area contributed by atoms with Crippen molar-refractivity contribution in [1.29, 1.82) is 0 Å². The van der Waals surface area contributed by atoms with E-state index in [0.717, 1.165) is 5.56 Å². The SMILES string of the molecule is C/C=C/C[Si](F)(F)c1cc(C)ccc1N=Nc1ccccc1. The van der Waals surface area contributed by atoms with Crippen molar-refractivity contribution in [3.8, 4) is 0 Å². The van der Waals surface area contributed by atoms with Crippen molar-refractivity contribution in [2.24, 2.45) is 10.2 Å². The fraction of sp³-hybridized carbons (Fsp3) is 0.176. The molecule has 0 aromatic heterocycles. The number of hydrogen-bond donors (Lipinski definition) is 0. The predicted octanol–water partition coefficient (Wildman–Crippen LogP) is 5.57. The third-order valence-corrected chi connectivity index (χ3v) is 5.12. The minimum atomic E-state index is -4.56. The largest absolute Gasteiger partial charge is 0.461 e. The lowest BCUT2D eigenvalue weighted by Gasteiger charge is -2.14. The van der Waals surface area contributed by atoms with Gasteiger partial charge in [0.25, 0.3) is 0 Å². The van der Waals surface area contributed by atoms with Gasteiger partial charge in [0.1, 0.15) is 0 Å². The Balaban J connectivity index is 2.38. The first-order valence-electron chi connectivity index (χ1n) is 7.10. The van der Waals surface area contributed by atoms with E-state index in [9.17, 15) is 8.22 Å². The number of halogens is 2. The molecule has 0 aliphatic heterocycles. The molecule has 0 N–H and O–H groups in total. The summed E-state index contributed by atoms with van der Waals surface area (Å²) in [4.78, 5) is 0. The third-order valence-electron chi connectivity index (χ3n) is 3.19. The molecule has 114 valence electrons. The lowest BCUT2D eigenvalue weighted by atomic mass is 10.2. The maximum Gasteiger partial charge on any atom is 0.461 e. The van der Waals surface area contributed by atoms with Crippen molar-refractivity contribution >= 4 is 25.3 Å². The van der Waals surface area contributed by atoms with Gasteiger partial charge in [0.2, 0.25) is 0 Å². The summed E-state index contributed by atoms with van der Waals surface area (Å²) in [6, 6.07) is 13.8. The van der Waals surface area contributed by atoms with E-state index < -0.39 is 8.74 Å². The Labute approximate surface area is 130 Å².